The van der Waals surface area contributed by atoms with Gasteiger partial charge in [0.2, 0.25) is 0 Å². The minimum atomic E-state index is -0.0437. The van der Waals surface area contributed by atoms with E-state index < -0.39 is 0 Å². The molecular formula is C22H32N2S2. The van der Waals surface area contributed by atoms with Crippen LogP contribution in [0.1, 0.15) is 27.2 Å². The van der Waals surface area contributed by atoms with Gasteiger partial charge in [-0.2, -0.15) is 0 Å². The molecular weight excluding hydrogens is 356 g/mol. The number of hydrogen-bond acceptors (Lipinski definition) is 4. The third-order valence-corrected chi connectivity index (χ3v) is 6.03. The molecule has 1 aliphatic carbocycles. The van der Waals surface area contributed by atoms with Crippen LogP contribution >= 0.6 is 21.6 Å². The predicted molar refractivity (Wildman–Crippen MR) is 124 cm³/mol. The normalized spacial score (nSPS) is 24.3. The van der Waals surface area contributed by atoms with E-state index in [1.165, 1.54) is 5.70 Å². The molecule has 1 rings (SSSR count). The van der Waals surface area contributed by atoms with Gasteiger partial charge in [0, 0.05) is 48.3 Å². The quantitative estimate of drug-likeness (QED) is 0.151. The molecule has 1 aliphatic rings. The maximum absolute atomic E-state index is 4.36. The summed E-state index contributed by atoms with van der Waals surface area (Å²) in [4.78, 5) is 4.36. The first kappa shape index (κ1) is 22.7. The average Bonchev–Trinajstić information content (AvgIpc) is 2.61. The van der Waals surface area contributed by atoms with Crippen molar-refractivity contribution in [1.82, 2.24) is 5.32 Å². The third kappa shape index (κ3) is 11.3. The SMILES string of the molecule is CCN/C1=C/C=C\C(C)(/C=C/C=C/C=C\C=N\CCSSCC)C=CC1. The lowest BCUT2D eigenvalue weighted by atomic mass is 9.87. The Labute approximate surface area is 167 Å². The van der Waals surface area contributed by atoms with E-state index in [0.717, 1.165) is 31.0 Å². The Bertz CT molecular complexity index is 583. The van der Waals surface area contributed by atoms with Crippen LogP contribution in [0, 0.1) is 5.41 Å². The lowest BCUT2D eigenvalue weighted by Gasteiger charge is -2.18. The summed E-state index contributed by atoms with van der Waals surface area (Å²) in [5.41, 5.74) is 1.22. The van der Waals surface area contributed by atoms with Crippen LogP contribution in [0.5, 0.6) is 0 Å². The fourth-order valence-corrected chi connectivity index (χ4v) is 3.82. The minimum absolute atomic E-state index is 0.0437. The standard InChI is InChI=1S/C22H32N2S2/c1-4-24-21-13-11-16-22(3,17-12-14-21)15-9-7-6-8-10-18-23-19-20-26-25-5-2/h6-13,15-18,24H,4-5,14,19-20H2,1-3H3/b7-6+,10-8-,15-9+,16-11-,17-12?,21-13+,23-18+. The van der Waals surface area contributed by atoms with Crippen LogP contribution in [0.4, 0.5) is 0 Å². The summed E-state index contributed by atoms with van der Waals surface area (Å²) in [5.74, 6) is 2.23. The van der Waals surface area contributed by atoms with E-state index in [-0.39, 0.29) is 5.41 Å². The average molecular weight is 389 g/mol. The van der Waals surface area contributed by atoms with Gasteiger partial charge in [0.1, 0.15) is 0 Å². The molecule has 0 aliphatic heterocycles. The Balaban J connectivity index is 2.39. The van der Waals surface area contributed by atoms with Gasteiger partial charge in [0.25, 0.3) is 0 Å². The van der Waals surface area contributed by atoms with E-state index >= 15 is 0 Å². The second-order valence-corrected chi connectivity index (χ2v) is 8.84. The molecule has 2 nitrogen and oxygen atoms in total. The first-order valence-corrected chi connectivity index (χ1v) is 11.7. The molecule has 1 unspecified atom stereocenters. The Kier molecular flexibility index (Phi) is 12.8. The second kappa shape index (κ2) is 14.7. The van der Waals surface area contributed by atoms with E-state index in [2.05, 4.69) is 79.7 Å². The van der Waals surface area contributed by atoms with Crippen LogP contribution < -0.4 is 5.32 Å². The monoisotopic (exact) mass is 388 g/mol. The van der Waals surface area contributed by atoms with Gasteiger partial charge >= 0.3 is 0 Å². The molecule has 0 fully saturated rings. The molecule has 0 heterocycles. The number of rotatable bonds is 11. The van der Waals surface area contributed by atoms with Crippen LogP contribution in [0.15, 0.2) is 77.5 Å². The molecule has 26 heavy (non-hydrogen) atoms. The third-order valence-electron chi connectivity index (χ3n) is 3.57. The van der Waals surface area contributed by atoms with Crippen LogP contribution in [-0.2, 0) is 0 Å². The summed E-state index contributed by atoms with van der Waals surface area (Å²) in [6, 6.07) is 0. The highest BCUT2D eigenvalue weighted by Crippen LogP contribution is 2.25. The number of hydrogen-bond donors (Lipinski definition) is 1. The van der Waals surface area contributed by atoms with Gasteiger partial charge < -0.3 is 5.32 Å². The van der Waals surface area contributed by atoms with E-state index in [0.29, 0.717) is 0 Å². The molecule has 4 heteroatoms. The van der Waals surface area contributed by atoms with Gasteiger partial charge in [-0.05, 0) is 26.0 Å². The highest BCUT2D eigenvalue weighted by Gasteiger charge is 2.12. The van der Waals surface area contributed by atoms with Crippen LogP contribution in [0.3, 0.4) is 0 Å². The molecule has 0 saturated heterocycles. The fraction of sp³-hybridized carbons (Fsp3) is 0.409. The van der Waals surface area contributed by atoms with Crippen LogP contribution in [0.25, 0.3) is 0 Å². The van der Waals surface area contributed by atoms with Gasteiger partial charge in [-0.15, -0.1) is 0 Å². The van der Waals surface area contributed by atoms with Gasteiger partial charge in [0.15, 0.2) is 0 Å². The largest absolute Gasteiger partial charge is 0.388 e. The fourth-order valence-electron chi connectivity index (χ4n) is 2.28. The summed E-state index contributed by atoms with van der Waals surface area (Å²) < 4.78 is 0. The lowest BCUT2D eigenvalue weighted by molar-refractivity contribution is 0.708. The maximum Gasteiger partial charge on any atom is 0.0488 e. The molecule has 0 bridgehead atoms. The Hall–Kier alpha value is -1.39. The van der Waals surface area contributed by atoms with Crippen molar-refractivity contribution in [3.63, 3.8) is 0 Å². The highest BCUT2D eigenvalue weighted by molar-refractivity contribution is 8.76. The number of allylic oxidation sites excluding steroid dienone is 11. The zero-order valence-corrected chi connectivity index (χ0v) is 17.9. The molecule has 0 saturated carbocycles. The van der Waals surface area contributed by atoms with Crippen LogP contribution in [0.2, 0.25) is 0 Å². The zero-order chi connectivity index (χ0) is 18.9. The smallest absolute Gasteiger partial charge is 0.0488 e. The molecule has 0 radical (unpaired) electrons. The summed E-state index contributed by atoms with van der Waals surface area (Å²) >= 11 is 0. The minimum Gasteiger partial charge on any atom is -0.388 e. The van der Waals surface area contributed by atoms with Crippen molar-refractivity contribution in [2.24, 2.45) is 10.4 Å². The first-order valence-electron chi connectivity index (χ1n) is 9.25. The van der Waals surface area contributed by atoms with E-state index in [9.17, 15) is 0 Å². The Morgan fingerprint density at radius 3 is 2.73 bits per heavy atom. The highest BCUT2D eigenvalue weighted by atomic mass is 33.1. The van der Waals surface area contributed by atoms with Crippen molar-refractivity contribution < 1.29 is 0 Å². The number of nitrogens with zero attached hydrogens (tertiary/aromatic N) is 1. The molecule has 0 aromatic carbocycles. The number of nitrogens with one attached hydrogen (secondary N) is 1. The van der Waals surface area contributed by atoms with Gasteiger partial charge in [-0.25, -0.2) is 0 Å². The van der Waals surface area contributed by atoms with Gasteiger partial charge in [0.05, 0.1) is 0 Å². The molecule has 142 valence electrons. The second-order valence-electron chi connectivity index (χ2n) is 5.97. The zero-order valence-electron chi connectivity index (χ0n) is 16.2. The van der Waals surface area contributed by atoms with Crippen LogP contribution in [-0.4, -0.2) is 30.8 Å². The molecule has 1 N–H and O–H groups in total. The molecule has 0 aromatic rings. The summed E-state index contributed by atoms with van der Waals surface area (Å²) in [6.07, 6.45) is 26.3. The van der Waals surface area contributed by atoms with Gasteiger partial charge in [-0.3, -0.25) is 4.99 Å². The Morgan fingerprint density at radius 2 is 1.92 bits per heavy atom. The maximum atomic E-state index is 4.36. The van der Waals surface area contributed by atoms with E-state index in [1.54, 1.807) is 0 Å². The van der Waals surface area contributed by atoms with Crippen molar-refractivity contribution in [3.05, 3.63) is 72.5 Å². The first-order chi connectivity index (χ1) is 12.7. The van der Waals surface area contributed by atoms with Gasteiger partial charge in [-0.1, -0.05) is 83.2 Å². The molecule has 0 spiro atoms. The summed E-state index contributed by atoms with van der Waals surface area (Å²) in [5, 5.41) is 3.38. The molecule has 0 amide bonds. The van der Waals surface area contributed by atoms with Crippen molar-refractivity contribution in [2.75, 3.05) is 24.6 Å². The topological polar surface area (TPSA) is 24.4 Å². The van der Waals surface area contributed by atoms with Crippen molar-refractivity contribution in [3.8, 4) is 0 Å². The summed E-state index contributed by atoms with van der Waals surface area (Å²) in [6.45, 7) is 8.36. The molecule has 0 aromatic heterocycles. The van der Waals surface area contributed by atoms with E-state index in [4.69, 9.17) is 0 Å². The Morgan fingerprint density at radius 1 is 1.12 bits per heavy atom. The van der Waals surface area contributed by atoms with Crippen molar-refractivity contribution in [1.29, 1.82) is 0 Å². The predicted octanol–water partition coefficient (Wildman–Crippen LogP) is 6.14. The number of aliphatic imine (C=N–C) groups is 1. The molecule has 1 atom stereocenters. The van der Waals surface area contributed by atoms with Crippen molar-refractivity contribution in [2.45, 2.75) is 27.2 Å². The lowest BCUT2D eigenvalue weighted by Crippen LogP contribution is -2.13. The van der Waals surface area contributed by atoms with E-state index in [1.807, 2.05) is 46.0 Å². The summed E-state index contributed by atoms with van der Waals surface area (Å²) in [7, 11) is 3.78. The van der Waals surface area contributed by atoms with Crippen molar-refractivity contribution >= 4 is 27.8 Å².